The van der Waals surface area contributed by atoms with E-state index < -0.39 is 17.7 Å². The highest BCUT2D eigenvalue weighted by Gasteiger charge is 2.43. The lowest BCUT2D eigenvalue weighted by Gasteiger charge is -2.50. The molecular weight excluding hydrogens is 483 g/mol. The number of piperazine rings is 1. The number of carbonyl (C=O) groups excluding carboxylic acids is 1. The monoisotopic (exact) mass is 513 g/mol. The van der Waals surface area contributed by atoms with Crippen LogP contribution in [0.3, 0.4) is 0 Å². The average molecular weight is 514 g/mol. The average Bonchev–Trinajstić information content (AvgIpc) is 2.92. The molecule has 10 heteroatoms. The maximum Gasteiger partial charge on any atom is 0.416 e. The first kappa shape index (κ1) is 25.4. The fourth-order valence-corrected chi connectivity index (χ4v) is 5.66. The topological polar surface area (TPSA) is 71.8 Å². The van der Waals surface area contributed by atoms with Gasteiger partial charge in [0.15, 0.2) is 0 Å². The van der Waals surface area contributed by atoms with E-state index in [4.69, 9.17) is 4.74 Å². The number of amides is 1. The zero-order valence-corrected chi connectivity index (χ0v) is 20.5. The van der Waals surface area contributed by atoms with Gasteiger partial charge in [-0.25, -0.2) is 0 Å². The van der Waals surface area contributed by atoms with Crippen LogP contribution in [0.5, 0.6) is 0 Å². The number of halogens is 3. The highest BCUT2D eigenvalue weighted by Crippen LogP contribution is 2.40. The lowest BCUT2D eigenvalue weighted by molar-refractivity contribution is -0.137. The second-order valence-electron chi connectivity index (χ2n) is 9.73. The summed E-state index contributed by atoms with van der Waals surface area (Å²) in [7, 11) is 0. The summed E-state index contributed by atoms with van der Waals surface area (Å²) in [6.45, 7) is 5.79. The normalized spacial score (nSPS) is 22.1. The van der Waals surface area contributed by atoms with Crippen molar-refractivity contribution in [2.24, 2.45) is 5.92 Å². The smallest absolute Gasteiger partial charge is 0.379 e. The third-order valence-corrected chi connectivity index (χ3v) is 7.57. The number of nitrogens with one attached hydrogen (secondary N) is 1. The van der Waals surface area contributed by atoms with Crippen molar-refractivity contribution in [2.75, 3.05) is 68.8 Å². The van der Waals surface area contributed by atoms with Crippen LogP contribution in [-0.2, 0) is 22.1 Å². The predicted molar refractivity (Wildman–Crippen MR) is 133 cm³/mol. The van der Waals surface area contributed by atoms with Gasteiger partial charge in [-0.3, -0.25) is 9.69 Å². The minimum absolute atomic E-state index is 0.151. The molecule has 2 saturated heterocycles. The van der Waals surface area contributed by atoms with Crippen LogP contribution in [0, 0.1) is 17.2 Å². The molecule has 0 spiro atoms. The lowest BCUT2D eigenvalue weighted by atomic mass is 9.82. The van der Waals surface area contributed by atoms with E-state index in [0.29, 0.717) is 57.1 Å². The number of nitrogens with zero attached hydrogens (tertiary/aromatic N) is 4. The number of fused-ring (bicyclic) bond motifs is 3. The molecule has 7 nitrogen and oxygen atoms in total. The summed E-state index contributed by atoms with van der Waals surface area (Å²) in [4.78, 5) is 19.9. The van der Waals surface area contributed by atoms with Crippen molar-refractivity contribution in [1.29, 1.82) is 5.26 Å². The molecule has 2 fully saturated rings. The largest absolute Gasteiger partial charge is 0.416 e. The van der Waals surface area contributed by atoms with Gasteiger partial charge in [0, 0.05) is 51.5 Å². The number of para-hydroxylation sites is 1. The molecule has 0 aliphatic carbocycles. The van der Waals surface area contributed by atoms with Gasteiger partial charge >= 0.3 is 6.18 Å². The van der Waals surface area contributed by atoms with Crippen LogP contribution in [0.4, 0.5) is 24.5 Å². The van der Waals surface area contributed by atoms with Crippen LogP contribution >= 0.6 is 0 Å². The first-order valence-corrected chi connectivity index (χ1v) is 12.6. The second kappa shape index (κ2) is 10.6. The van der Waals surface area contributed by atoms with Gasteiger partial charge in [0.1, 0.15) is 6.07 Å². The van der Waals surface area contributed by atoms with E-state index in [0.717, 1.165) is 30.5 Å². The SMILES string of the molecule is N#Cc1ccccc1N1CCN2c3ccc(C(F)(F)F)cc3CC(C(=O)NCCN3CCOCC3)C2C1. The Morgan fingerprint density at radius 1 is 1.08 bits per heavy atom. The number of anilines is 2. The van der Waals surface area contributed by atoms with Crippen LogP contribution in [-0.4, -0.2) is 75.9 Å². The van der Waals surface area contributed by atoms with Gasteiger partial charge in [-0.2, -0.15) is 18.4 Å². The summed E-state index contributed by atoms with van der Waals surface area (Å²) in [5.41, 5.74) is 1.98. The van der Waals surface area contributed by atoms with Crippen molar-refractivity contribution in [3.63, 3.8) is 0 Å². The van der Waals surface area contributed by atoms with E-state index in [2.05, 4.69) is 26.1 Å². The maximum atomic E-state index is 13.5. The number of nitriles is 1. The third-order valence-electron chi connectivity index (χ3n) is 7.57. The first-order chi connectivity index (χ1) is 17.8. The predicted octanol–water partition coefficient (Wildman–Crippen LogP) is 2.89. The van der Waals surface area contributed by atoms with Crippen molar-refractivity contribution in [2.45, 2.75) is 18.6 Å². The van der Waals surface area contributed by atoms with Gasteiger partial charge in [-0.15, -0.1) is 0 Å². The summed E-state index contributed by atoms with van der Waals surface area (Å²) in [6.07, 6.45) is -4.21. The maximum absolute atomic E-state index is 13.5. The number of morpholine rings is 1. The Hall–Kier alpha value is -3.29. The molecule has 0 radical (unpaired) electrons. The van der Waals surface area contributed by atoms with Gasteiger partial charge in [0.2, 0.25) is 5.91 Å². The molecule has 3 aliphatic rings. The van der Waals surface area contributed by atoms with Crippen molar-refractivity contribution < 1.29 is 22.7 Å². The number of benzene rings is 2. The van der Waals surface area contributed by atoms with E-state index in [-0.39, 0.29) is 18.4 Å². The zero-order chi connectivity index (χ0) is 26.0. The van der Waals surface area contributed by atoms with Gasteiger partial charge < -0.3 is 19.9 Å². The Bertz CT molecular complexity index is 1180. The van der Waals surface area contributed by atoms with E-state index in [1.54, 1.807) is 6.07 Å². The number of ether oxygens (including phenoxy) is 1. The molecule has 3 aliphatic heterocycles. The molecule has 0 bridgehead atoms. The number of rotatable bonds is 5. The number of hydrogen-bond donors (Lipinski definition) is 1. The Morgan fingerprint density at radius 3 is 2.62 bits per heavy atom. The van der Waals surface area contributed by atoms with Crippen LogP contribution in [0.15, 0.2) is 42.5 Å². The van der Waals surface area contributed by atoms with E-state index in [1.807, 2.05) is 18.2 Å². The summed E-state index contributed by atoms with van der Waals surface area (Å²) in [5.74, 6) is -0.667. The molecule has 0 aromatic heterocycles. The van der Waals surface area contributed by atoms with Gasteiger partial charge in [-0.1, -0.05) is 12.1 Å². The molecule has 2 aromatic carbocycles. The quantitative estimate of drug-likeness (QED) is 0.663. The molecule has 1 N–H and O–H groups in total. The number of alkyl halides is 3. The summed E-state index contributed by atoms with van der Waals surface area (Å²) in [5, 5.41) is 12.6. The van der Waals surface area contributed by atoms with E-state index in [9.17, 15) is 23.2 Å². The molecule has 2 unspecified atom stereocenters. The van der Waals surface area contributed by atoms with Gasteiger partial charge in [-0.05, 0) is 42.3 Å². The van der Waals surface area contributed by atoms with E-state index in [1.165, 1.54) is 12.1 Å². The van der Waals surface area contributed by atoms with Crippen molar-refractivity contribution >= 4 is 17.3 Å². The Morgan fingerprint density at radius 2 is 1.86 bits per heavy atom. The summed E-state index contributed by atoms with van der Waals surface area (Å²) in [6, 6.07) is 13.2. The van der Waals surface area contributed by atoms with Crippen LogP contribution < -0.4 is 15.1 Å². The Kier molecular flexibility index (Phi) is 7.26. The lowest BCUT2D eigenvalue weighted by Crippen LogP contribution is -2.61. The van der Waals surface area contributed by atoms with Gasteiger partial charge in [0.05, 0.1) is 42.0 Å². The van der Waals surface area contributed by atoms with Crippen molar-refractivity contribution in [3.8, 4) is 6.07 Å². The van der Waals surface area contributed by atoms with Crippen LogP contribution in [0.1, 0.15) is 16.7 Å². The van der Waals surface area contributed by atoms with Crippen molar-refractivity contribution in [1.82, 2.24) is 10.2 Å². The first-order valence-electron chi connectivity index (χ1n) is 12.6. The molecule has 2 atom stereocenters. The molecule has 1 amide bonds. The van der Waals surface area contributed by atoms with Crippen LogP contribution in [0.2, 0.25) is 0 Å². The molecule has 0 saturated carbocycles. The van der Waals surface area contributed by atoms with E-state index >= 15 is 0 Å². The minimum Gasteiger partial charge on any atom is -0.379 e. The summed E-state index contributed by atoms with van der Waals surface area (Å²) >= 11 is 0. The van der Waals surface area contributed by atoms with Gasteiger partial charge in [0.25, 0.3) is 0 Å². The third kappa shape index (κ3) is 5.38. The highest BCUT2D eigenvalue weighted by atomic mass is 19.4. The molecule has 2 aromatic rings. The van der Waals surface area contributed by atoms with Crippen molar-refractivity contribution in [3.05, 3.63) is 59.2 Å². The second-order valence-corrected chi connectivity index (χ2v) is 9.73. The molecule has 196 valence electrons. The molecule has 37 heavy (non-hydrogen) atoms. The molecular formula is C27H30F3N5O2. The Balaban J connectivity index is 1.39. The summed E-state index contributed by atoms with van der Waals surface area (Å²) < 4.78 is 45.8. The van der Waals surface area contributed by atoms with Crippen LogP contribution in [0.25, 0.3) is 0 Å². The molecule has 3 heterocycles. The Labute approximate surface area is 214 Å². The minimum atomic E-state index is -4.44. The molecule has 5 rings (SSSR count). The highest BCUT2D eigenvalue weighted by molar-refractivity contribution is 5.82. The zero-order valence-electron chi connectivity index (χ0n) is 20.5. The number of carbonyl (C=O) groups is 1. The fourth-order valence-electron chi connectivity index (χ4n) is 5.66. The fraction of sp³-hybridized carbons (Fsp3) is 0.481. The number of hydrogen-bond acceptors (Lipinski definition) is 6. The standard InChI is InChI=1S/C27H30F3N5O2/c28-27(29,30)21-5-6-24-20(15-21)16-22(26(36)32-7-8-33-11-13-37-14-12-33)25-18-34(9-10-35(24)25)23-4-2-1-3-19(23)17-31/h1-6,15,22,25H,7-14,16,18H2,(H,32,36).